The van der Waals surface area contributed by atoms with Crippen LogP contribution in [-0.2, 0) is 22.5 Å². The minimum absolute atomic E-state index is 0.169. The maximum Gasteiger partial charge on any atom is 0.305 e. The summed E-state index contributed by atoms with van der Waals surface area (Å²) in [6, 6.07) is 6.09. The maximum atomic E-state index is 11.0. The van der Waals surface area contributed by atoms with Gasteiger partial charge in [0, 0.05) is 13.0 Å². The number of hydrogen-bond donors (Lipinski definition) is 1. The van der Waals surface area contributed by atoms with Crippen LogP contribution in [0.2, 0.25) is 0 Å². The van der Waals surface area contributed by atoms with E-state index in [9.17, 15) is 4.79 Å². The van der Waals surface area contributed by atoms with Crippen molar-refractivity contribution in [3.05, 3.63) is 34.9 Å². The van der Waals surface area contributed by atoms with Crippen molar-refractivity contribution in [2.75, 3.05) is 7.11 Å². The van der Waals surface area contributed by atoms with Crippen LogP contribution >= 0.6 is 0 Å². The van der Waals surface area contributed by atoms with E-state index in [0.717, 1.165) is 12.0 Å². The van der Waals surface area contributed by atoms with Crippen molar-refractivity contribution in [3.63, 3.8) is 0 Å². The van der Waals surface area contributed by atoms with Gasteiger partial charge in [0.05, 0.1) is 7.11 Å². The standard InChI is InChI=1S/C12H17NO2/c1-9-7-10(8-13)3-4-11(9)5-6-12(14)15-2/h3-4,7H,5-6,8,13H2,1-2H3. The van der Waals surface area contributed by atoms with Crippen molar-refractivity contribution < 1.29 is 9.53 Å². The Labute approximate surface area is 90.2 Å². The lowest BCUT2D eigenvalue weighted by molar-refractivity contribution is -0.140. The third-order valence-electron chi connectivity index (χ3n) is 2.47. The molecule has 2 N–H and O–H groups in total. The summed E-state index contributed by atoms with van der Waals surface area (Å²) in [4.78, 5) is 11.0. The fraction of sp³-hybridized carbons (Fsp3) is 0.417. The van der Waals surface area contributed by atoms with E-state index in [1.165, 1.54) is 18.2 Å². The van der Waals surface area contributed by atoms with Gasteiger partial charge in [0.15, 0.2) is 0 Å². The van der Waals surface area contributed by atoms with Crippen LogP contribution in [0.15, 0.2) is 18.2 Å². The first-order chi connectivity index (χ1) is 7.17. The molecule has 0 amide bonds. The lowest BCUT2D eigenvalue weighted by Crippen LogP contribution is -2.03. The minimum Gasteiger partial charge on any atom is -0.469 e. The quantitative estimate of drug-likeness (QED) is 0.762. The number of carbonyl (C=O) groups excluding carboxylic acids is 1. The van der Waals surface area contributed by atoms with Crippen LogP contribution in [0.3, 0.4) is 0 Å². The number of ether oxygens (including phenoxy) is 1. The van der Waals surface area contributed by atoms with Crippen LogP contribution in [0.5, 0.6) is 0 Å². The van der Waals surface area contributed by atoms with Crippen molar-refractivity contribution in [1.29, 1.82) is 0 Å². The molecule has 0 saturated heterocycles. The van der Waals surface area contributed by atoms with E-state index in [1.54, 1.807) is 0 Å². The molecule has 82 valence electrons. The van der Waals surface area contributed by atoms with Crippen LogP contribution in [0.4, 0.5) is 0 Å². The molecule has 0 spiro atoms. The van der Waals surface area contributed by atoms with Crippen molar-refractivity contribution in [2.24, 2.45) is 5.73 Å². The zero-order valence-corrected chi connectivity index (χ0v) is 9.25. The number of hydrogen-bond acceptors (Lipinski definition) is 3. The van der Waals surface area contributed by atoms with E-state index in [-0.39, 0.29) is 5.97 Å². The molecule has 1 aromatic rings. The van der Waals surface area contributed by atoms with E-state index in [4.69, 9.17) is 5.73 Å². The van der Waals surface area contributed by atoms with Gasteiger partial charge in [-0.05, 0) is 30.0 Å². The van der Waals surface area contributed by atoms with Crippen LogP contribution in [-0.4, -0.2) is 13.1 Å². The van der Waals surface area contributed by atoms with Gasteiger partial charge in [0.25, 0.3) is 0 Å². The summed E-state index contributed by atoms with van der Waals surface area (Å²) in [5.74, 6) is -0.169. The molecule has 0 saturated carbocycles. The number of rotatable bonds is 4. The number of aryl methyl sites for hydroxylation is 2. The lowest BCUT2D eigenvalue weighted by Gasteiger charge is -2.06. The Bertz CT molecular complexity index is 347. The molecule has 0 fully saturated rings. The fourth-order valence-corrected chi connectivity index (χ4v) is 1.50. The first-order valence-corrected chi connectivity index (χ1v) is 5.02. The second-order valence-corrected chi connectivity index (χ2v) is 3.54. The molecule has 0 radical (unpaired) electrons. The van der Waals surface area contributed by atoms with E-state index < -0.39 is 0 Å². The van der Waals surface area contributed by atoms with E-state index in [0.29, 0.717) is 13.0 Å². The minimum atomic E-state index is -0.169. The summed E-state index contributed by atoms with van der Waals surface area (Å²) in [7, 11) is 1.41. The Balaban J connectivity index is 2.66. The Hall–Kier alpha value is -1.35. The molecule has 0 aliphatic heterocycles. The Morgan fingerprint density at radius 1 is 1.47 bits per heavy atom. The highest BCUT2D eigenvalue weighted by Crippen LogP contribution is 2.13. The van der Waals surface area contributed by atoms with Crippen LogP contribution < -0.4 is 5.73 Å². The molecular formula is C12H17NO2. The van der Waals surface area contributed by atoms with E-state index in [2.05, 4.69) is 10.8 Å². The average Bonchev–Trinajstić information content (AvgIpc) is 2.26. The Morgan fingerprint density at radius 2 is 2.20 bits per heavy atom. The first-order valence-electron chi connectivity index (χ1n) is 5.02. The molecule has 0 heterocycles. The van der Waals surface area contributed by atoms with Gasteiger partial charge in [0.2, 0.25) is 0 Å². The predicted molar refractivity (Wildman–Crippen MR) is 59.4 cm³/mol. The molecule has 1 rings (SSSR count). The summed E-state index contributed by atoms with van der Waals surface area (Å²) < 4.78 is 4.60. The van der Waals surface area contributed by atoms with Gasteiger partial charge in [0.1, 0.15) is 0 Å². The SMILES string of the molecule is COC(=O)CCc1ccc(CN)cc1C. The van der Waals surface area contributed by atoms with Crippen LogP contribution in [0.25, 0.3) is 0 Å². The molecule has 0 atom stereocenters. The van der Waals surface area contributed by atoms with Crippen molar-refractivity contribution in [2.45, 2.75) is 26.3 Å². The monoisotopic (exact) mass is 207 g/mol. The topological polar surface area (TPSA) is 52.3 Å². The van der Waals surface area contributed by atoms with Crippen molar-refractivity contribution in [1.82, 2.24) is 0 Å². The molecular weight excluding hydrogens is 190 g/mol. The predicted octanol–water partition coefficient (Wildman–Crippen LogP) is 1.56. The van der Waals surface area contributed by atoms with Gasteiger partial charge < -0.3 is 10.5 Å². The van der Waals surface area contributed by atoms with Crippen LogP contribution in [0.1, 0.15) is 23.1 Å². The average molecular weight is 207 g/mol. The largest absolute Gasteiger partial charge is 0.469 e. The zero-order valence-electron chi connectivity index (χ0n) is 9.25. The molecule has 3 nitrogen and oxygen atoms in total. The van der Waals surface area contributed by atoms with Crippen molar-refractivity contribution >= 4 is 5.97 Å². The lowest BCUT2D eigenvalue weighted by atomic mass is 10.0. The highest BCUT2D eigenvalue weighted by atomic mass is 16.5. The Morgan fingerprint density at radius 3 is 2.73 bits per heavy atom. The zero-order chi connectivity index (χ0) is 11.3. The van der Waals surface area contributed by atoms with Gasteiger partial charge >= 0.3 is 5.97 Å². The highest BCUT2D eigenvalue weighted by Gasteiger charge is 2.04. The number of nitrogens with two attached hydrogens (primary N) is 1. The molecule has 0 bridgehead atoms. The van der Waals surface area contributed by atoms with Gasteiger partial charge in [-0.15, -0.1) is 0 Å². The van der Waals surface area contributed by atoms with Crippen LogP contribution in [0, 0.1) is 6.92 Å². The molecule has 15 heavy (non-hydrogen) atoms. The molecule has 0 unspecified atom stereocenters. The van der Waals surface area contributed by atoms with E-state index >= 15 is 0 Å². The third kappa shape index (κ3) is 3.36. The van der Waals surface area contributed by atoms with Gasteiger partial charge in [-0.1, -0.05) is 18.2 Å². The smallest absolute Gasteiger partial charge is 0.305 e. The molecule has 0 aliphatic rings. The second kappa shape index (κ2) is 5.51. The van der Waals surface area contributed by atoms with Gasteiger partial charge in [-0.25, -0.2) is 0 Å². The Kier molecular flexibility index (Phi) is 4.31. The number of benzene rings is 1. The normalized spacial score (nSPS) is 10.1. The number of methoxy groups -OCH3 is 1. The molecule has 1 aromatic carbocycles. The summed E-state index contributed by atoms with van der Waals surface area (Å²) >= 11 is 0. The summed E-state index contributed by atoms with van der Waals surface area (Å²) in [6.45, 7) is 2.59. The molecule has 0 aromatic heterocycles. The van der Waals surface area contributed by atoms with Gasteiger partial charge in [-0.2, -0.15) is 0 Å². The first kappa shape index (κ1) is 11.7. The third-order valence-corrected chi connectivity index (χ3v) is 2.47. The summed E-state index contributed by atoms with van der Waals surface area (Å²) in [5.41, 5.74) is 9.02. The molecule has 0 aliphatic carbocycles. The summed E-state index contributed by atoms with van der Waals surface area (Å²) in [5, 5.41) is 0. The van der Waals surface area contributed by atoms with Crippen molar-refractivity contribution in [3.8, 4) is 0 Å². The number of esters is 1. The molecule has 3 heteroatoms. The number of carbonyl (C=O) groups is 1. The maximum absolute atomic E-state index is 11.0. The van der Waals surface area contributed by atoms with E-state index in [1.807, 2.05) is 19.1 Å². The van der Waals surface area contributed by atoms with Gasteiger partial charge in [-0.3, -0.25) is 4.79 Å². The summed E-state index contributed by atoms with van der Waals surface area (Å²) in [6.07, 6.45) is 1.16. The fourth-order valence-electron chi connectivity index (χ4n) is 1.50. The second-order valence-electron chi connectivity index (χ2n) is 3.54. The highest BCUT2D eigenvalue weighted by molar-refractivity contribution is 5.69.